The molecule has 1 fully saturated rings. The molecule has 0 spiro atoms. The summed E-state index contributed by atoms with van der Waals surface area (Å²) in [5.41, 5.74) is 0.883. The average Bonchev–Trinajstić information content (AvgIpc) is 3.17. The Labute approximate surface area is 173 Å². The minimum atomic E-state index is -3.84. The summed E-state index contributed by atoms with van der Waals surface area (Å²) in [6.07, 6.45) is 1.66. The maximum absolute atomic E-state index is 13.9. The highest BCUT2D eigenvalue weighted by molar-refractivity contribution is 7.89. The Morgan fingerprint density at radius 1 is 1.03 bits per heavy atom. The Morgan fingerprint density at radius 3 is 2.41 bits per heavy atom. The summed E-state index contributed by atoms with van der Waals surface area (Å²) in [4.78, 5) is 6.09. The zero-order valence-electron chi connectivity index (χ0n) is 15.5. The summed E-state index contributed by atoms with van der Waals surface area (Å²) >= 11 is 5.90. The zero-order chi connectivity index (χ0) is 20.4. The smallest absolute Gasteiger partial charge is 0.246 e. The first kappa shape index (κ1) is 20.0. The van der Waals surface area contributed by atoms with Crippen molar-refractivity contribution in [2.24, 2.45) is 0 Å². The second-order valence-electron chi connectivity index (χ2n) is 6.74. The van der Waals surface area contributed by atoms with Crippen LogP contribution in [-0.2, 0) is 16.6 Å². The molecule has 4 rings (SSSR count). The molecule has 3 aromatic rings. The van der Waals surface area contributed by atoms with Crippen molar-refractivity contribution in [1.29, 1.82) is 0 Å². The van der Waals surface area contributed by atoms with E-state index in [2.05, 4.69) is 9.88 Å². The van der Waals surface area contributed by atoms with E-state index in [0.717, 1.165) is 11.6 Å². The van der Waals surface area contributed by atoms with Gasteiger partial charge in [-0.3, -0.25) is 4.90 Å². The predicted molar refractivity (Wildman–Crippen MR) is 107 cm³/mol. The molecular weight excluding hydrogens is 417 g/mol. The van der Waals surface area contributed by atoms with Gasteiger partial charge >= 0.3 is 0 Å². The number of aromatic nitrogens is 1. The number of rotatable bonds is 5. The Hall–Kier alpha value is -2.26. The van der Waals surface area contributed by atoms with Gasteiger partial charge in [0.15, 0.2) is 5.76 Å². The first-order chi connectivity index (χ1) is 13.9. The number of sulfonamides is 1. The fourth-order valence-electron chi connectivity index (χ4n) is 3.24. The minimum Gasteiger partial charge on any atom is -0.439 e. The molecule has 1 aliphatic rings. The van der Waals surface area contributed by atoms with Crippen LogP contribution in [0.3, 0.4) is 0 Å². The first-order valence-corrected chi connectivity index (χ1v) is 10.9. The van der Waals surface area contributed by atoms with Crippen molar-refractivity contribution in [3.63, 3.8) is 0 Å². The summed E-state index contributed by atoms with van der Waals surface area (Å²) in [5, 5.41) is 0.650. The summed E-state index contributed by atoms with van der Waals surface area (Å²) < 4.78 is 46.4. The van der Waals surface area contributed by atoms with Crippen LogP contribution >= 0.6 is 11.6 Å². The number of benzene rings is 2. The van der Waals surface area contributed by atoms with Gasteiger partial charge in [-0.05, 0) is 36.4 Å². The van der Waals surface area contributed by atoms with Gasteiger partial charge in [0.1, 0.15) is 10.7 Å². The molecule has 0 saturated carbocycles. The highest BCUT2D eigenvalue weighted by Crippen LogP contribution is 2.24. The second kappa shape index (κ2) is 8.23. The van der Waals surface area contributed by atoms with E-state index in [4.69, 9.17) is 16.0 Å². The van der Waals surface area contributed by atoms with E-state index < -0.39 is 15.8 Å². The Balaban J connectivity index is 1.38. The normalized spacial score (nSPS) is 16.2. The molecule has 9 heteroatoms. The molecule has 6 nitrogen and oxygen atoms in total. The fourth-order valence-corrected chi connectivity index (χ4v) is 4.86. The van der Waals surface area contributed by atoms with Crippen molar-refractivity contribution in [2.45, 2.75) is 11.4 Å². The monoisotopic (exact) mass is 435 g/mol. The van der Waals surface area contributed by atoms with Crippen molar-refractivity contribution < 1.29 is 17.2 Å². The molecule has 0 aliphatic carbocycles. The van der Waals surface area contributed by atoms with Gasteiger partial charge in [0.2, 0.25) is 15.9 Å². The zero-order valence-corrected chi connectivity index (χ0v) is 17.0. The van der Waals surface area contributed by atoms with E-state index in [9.17, 15) is 12.8 Å². The number of hydrogen-bond acceptors (Lipinski definition) is 5. The Bertz CT molecular complexity index is 1090. The number of nitrogens with zero attached hydrogens (tertiary/aromatic N) is 3. The summed E-state index contributed by atoms with van der Waals surface area (Å²) in [6.45, 7) is 2.04. The Kier molecular flexibility index (Phi) is 5.69. The third-order valence-corrected chi connectivity index (χ3v) is 7.01. The Morgan fingerprint density at radius 2 is 1.72 bits per heavy atom. The topological polar surface area (TPSA) is 66.7 Å². The molecule has 1 aromatic heterocycles. The lowest BCUT2D eigenvalue weighted by molar-refractivity contribution is 0.168. The van der Waals surface area contributed by atoms with Crippen LogP contribution in [0.25, 0.3) is 11.3 Å². The lowest BCUT2D eigenvalue weighted by Gasteiger charge is -2.33. The quantitative estimate of drug-likeness (QED) is 0.612. The summed E-state index contributed by atoms with van der Waals surface area (Å²) in [6, 6.07) is 12.7. The van der Waals surface area contributed by atoms with Gasteiger partial charge in [0.05, 0.1) is 12.7 Å². The predicted octanol–water partition coefficient (Wildman–Crippen LogP) is 3.64. The lowest BCUT2D eigenvalue weighted by Crippen LogP contribution is -2.48. The molecule has 0 amide bonds. The van der Waals surface area contributed by atoms with E-state index in [1.54, 1.807) is 18.3 Å². The third-order valence-electron chi connectivity index (χ3n) is 4.83. The maximum atomic E-state index is 13.9. The molecular formula is C20H19ClFN3O3S. The molecule has 2 aromatic carbocycles. The van der Waals surface area contributed by atoms with Gasteiger partial charge in [-0.1, -0.05) is 23.7 Å². The van der Waals surface area contributed by atoms with Crippen LogP contribution in [0.2, 0.25) is 5.02 Å². The second-order valence-corrected chi connectivity index (χ2v) is 9.08. The van der Waals surface area contributed by atoms with Gasteiger partial charge in [0, 0.05) is 36.8 Å². The molecule has 0 atom stereocenters. The highest BCUT2D eigenvalue weighted by Gasteiger charge is 2.30. The molecule has 0 unspecified atom stereocenters. The number of halogens is 2. The van der Waals surface area contributed by atoms with E-state index in [0.29, 0.717) is 36.3 Å². The van der Waals surface area contributed by atoms with E-state index >= 15 is 0 Å². The van der Waals surface area contributed by atoms with Crippen molar-refractivity contribution in [3.05, 3.63) is 71.5 Å². The fraction of sp³-hybridized carbons (Fsp3) is 0.250. The van der Waals surface area contributed by atoms with Crippen LogP contribution in [0.15, 0.2) is 64.0 Å². The minimum absolute atomic E-state index is 0.279. The maximum Gasteiger partial charge on any atom is 0.246 e. The van der Waals surface area contributed by atoms with E-state index in [1.165, 1.54) is 22.5 Å². The largest absolute Gasteiger partial charge is 0.439 e. The van der Waals surface area contributed by atoms with Gasteiger partial charge in [-0.2, -0.15) is 4.31 Å². The van der Waals surface area contributed by atoms with E-state index in [-0.39, 0.29) is 18.0 Å². The van der Waals surface area contributed by atoms with Crippen LogP contribution < -0.4 is 0 Å². The summed E-state index contributed by atoms with van der Waals surface area (Å²) in [7, 11) is -3.84. The van der Waals surface area contributed by atoms with E-state index in [1.807, 2.05) is 12.1 Å². The SMILES string of the molecule is O=S(=O)(c1ccccc1F)N1CCN(Cc2ncc(-c3ccc(Cl)cc3)o2)CC1. The first-order valence-electron chi connectivity index (χ1n) is 9.11. The molecule has 1 aliphatic heterocycles. The standard InChI is InChI=1S/C20H19ClFN3O3S/c21-16-7-5-15(6-8-16)18-13-23-20(28-18)14-24-9-11-25(12-10-24)29(26,27)19-4-2-1-3-17(19)22/h1-8,13H,9-12,14H2. The number of oxazole rings is 1. The number of hydrogen-bond donors (Lipinski definition) is 0. The van der Waals surface area contributed by atoms with Gasteiger partial charge in [-0.25, -0.2) is 17.8 Å². The molecule has 0 radical (unpaired) electrons. The van der Waals surface area contributed by atoms with Gasteiger partial charge < -0.3 is 4.42 Å². The van der Waals surface area contributed by atoms with Gasteiger partial charge in [-0.15, -0.1) is 0 Å². The van der Waals surface area contributed by atoms with Crippen LogP contribution in [0.1, 0.15) is 5.89 Å². The van der Waals surface area contributed by atoms with Crippen molar-refractivity contribution in [2.75, 3.05) is 26.2 Å². The molecule has 2 heterocycles. The third kappa shape index (κ3) is 4.35. The lowest BCUT2D eigenvalue weighted by atomic mass is 10.2. The van der Waals surface area contributed by atoms with Crippen LogP contribution in [0, 0.1) is 5.82 Å². The molecule has 1 saturated heterocycles. The van der Waals surface area contributed by atoms with Crippen molar-refractivity contribution >= 4 is 21.6 Å². The van der Waals surface area contributed by atoms with Crippen LogP contribution in [-0.4, -0.2) is 48.8 Å². The summed E-state index contributed by atoms with van der Waals surface area (Å²) in [5.74, 6) is 0.474. The average molecular weight is 436 g/mol. The van der Waals surface area contributed by atoms with Gasteiger partial charge in [0.25, 0.3) is 0 Å². The van der Waals surface area contributed by atoms with Crippen molar-refractivity contribution in [1.82, 2.24) is 14.2 Å². The molecule has 152 valence electrons. The number of piperazine rings is 1. The molecule has 0 bridgehead atoms. The van der Waals surface area contributed by atoms with Crippen molar-refractivity contribution in [3.8, 4) is 11.3 Å². The van der Waals surface area contributed by atoms with Crippen LogP contribution in [0.4, 0.5) is 4.39 Å². The van der Waals surface area contributed by atoms with Crippen LogP contribution in [0.5, 0.6) is 0 Å². The highest BCUT2D eigenvalue weighted by atomic mass is 35.5. The molecule has 29 heavy (non-hydrogen) atoms. The molecule has 0 N–H and O–H groups in total.